The predicted octanol–water partition coefficient (Wildman–Crippen LogP) is 3.58. The molecule has 1 aliphatic heterocycles. The van der Waals surface area contributed by atoms with Crippen LogP contribution in [0.4, 0.5) is 5.69 Å². The Morgan fingerprint density at radius 2 is 2.04 bits per heavy atom. The van der Waals surface area contributed by atoms with Crippen LogP contribution in [0.1, 0.15) is 48.2 Å². The van der Waals surface area contributed by atoms with Gasteiger partial charge in [0.1, 0.15) is 0 Å². The minimum absolute atomic E-state index is 0.0510. The summed E-state index contributed by atoms with van der Waals surface area (Å²) in [6, 6.07) is 8.23. The van der Waals surface area contributed by atoms with Crippen molar-refractivity contribution in [2.45, 2.75) is 52.5 Å². The molecular weight excluding hydrogens is 312 g/mol. The van der Waals surface area contributed by atoms with E-state index in [9.17, 15) is 4.79 Å². The first kappa shape index (κ1) is 17.7. The zero-order chi connectivity index (χ0) is 17.6. The third-order valence-corrected chi connectivity index (χ3v) is 4.95. The fourth-order valence-corrected chi connectivity index (χ4v) is 3.53. The second-order valence-corrected chi connectivity index (χ2v) is 7.00. The second-order valence-electron chi connectivity index (χ2n) is 7.00. The number of aryl methyl sites for hydroxylation is 2. The zero-order valence-electron chi connectivity index (χ0n) is 15.3. The van der Waals surface area contributed by atoms with Crippen molar-refractivity contribution >= 4 is 11.6 Å². The second kappa shape index (κ2) is 8.30. The first-order valence-corrected chi connectivity index (χ1v) is 9.23. The Labute approximate surface area is 149 Å². The van der Waals surface area contributed by atoms with Crippen molar-refractivity contribution in [1.29, 1.82) is 0 Å². The van der Waals surface area contributed by atoms with Crippen LogP contribution < -0.4 is 5.32 Å². The van der Waals surface area contributed by atoms with Gasteiger partial charge in [-0.2, -0.15) is 5.10 Å². The van der Waals surface area contributed by atoms with E-state index in [0.29, 0.717) is 12.8 Å². The Bertz CT molecular complexity index is 697. The number of hydrogen-bond acceptors (Lipinski definition) is 3. The van der Waals surface area contributed by atoms with Crippen molar-refractivity contribution in [3.05, 3.63) is 46.8 Å². The van der Waals surface area contributed by atoms with E-state index in [1.54, 1.807) is 0 Å². The number of H-pyrrole nitrogens is 1. The molecule has 1 saturated heterocycles. The SMILES string of the molecule is Cc1n[nH]c(C)c1CCC(=O)Nc1cccc(CN2CCCCC2)c1. The van der Waals surface area contributed by atoms with Crippen LogP contribution in [-0.2, 0) is 17.8 Å². The summed E-state index contributed by atoms with van der Waals surface area (Å²) in [6.45, 7) is 7.30. The third-order valence-electron chi connectivity index (χ3n) is 4.95. The molecule has 1 fully saturated rings. The van der Waals surface area contributed by atoms with Crippen molar-refractivity contribution in [3.63, 3.8) is 0 Å². The lowest BCUT2D eigenvalue weighted by Crippen LogP contribution is -2.29. The molecule has 2 N–H and O–H groups in total. The van der Waals surface area contributed by atoms with E-state index in [0.717, 1.165) is 29.2 Å². The van der Waals surface area contributed by atoms with E-state index >= 15 is 0 Å². The number of carbonyl (C=O) groups excluding carboxylic acids is 1. The smallest absolute Gasteiger partial charge is 0.224 e. The summed E-state index contributed by atoms with van der Waals surface area (Å²) in [4.78, 5) is 14.8. The van der Waals surface area contributed by atoms with Gasteiger partial charge in [-0.1, -0.05) is 18.6 Å². The molecule has 0 unspecified atom stereocenters. The summed E-state index contributed by atoms with van der Waals surface area (Å²) in [7, 11) is 0. The number of piperidine rings is 1. The number of aromatic amines is 1. The Hall–Kier alpha value is -2.14. The van der Waals surface area contributed by atoms with E-state index < -0.39 is 0 Å². The van der Waals surface area contributed by atoms with Crippen molar-refractivity contribution in [1.82, 2.24) is 15.1 Å². The minimum Gasteiger partial charge on any atom is -0.326 e. The van der Waals surface area contributed by atoms with Crippen LogP contribution in [0.25, 0.3) is 0 Å². The Morgan fingerprint density at radius 3 is 2.76 bits per heavy atom. The maximum absolute atomic E-state index is 12.3. The van der Waals surface area contributed by atoms with Gasteiger partial charge in [0.2, 0.25) is 5.91 Å². The molecule has 0 spiro atoms. The van der Waals surface area contributed by atoms with E-state index in [4.69, 9.17) is 0 Å². The maximum Gasteiger partial charge on any atom is 0.224 e. The number of benzene rings is 1. The van der Waals surface area contributed by atoms with Crippen molar-refractivity contribution in [2.75, 3.05) is 18.4 Å². The van der Waals surface area contributed by atoms with E-state index in [-0.39, 0.29) is 5.91 Å². The fraction of sp³-hybridized carbons (Fsp3) is 0.500. The molecule has 0 radical (unpaired) electrons. The quantitative estimate of drug-likeness (QED) is 0.845. The molecule has 0 aliphatic carbocycles. The molecule has 2 heterocycles. The Morgan fingerprint density at radius 1 is 1.24 bits per heavy atom. The monoisotopic (exact) mass is 340 g/mol. The lowest BCUT2D eigenvalue weighted by Gasteiger charge is -2.26. The summed E-state index contributed by atoms with van der Waals surface area (Å²) in [5.74, 6) is 0.0510. The van der Waals surface area contributed by atoms with Crippen LogP contribution in [0.3, 0.4) is 0 Å². The summed E-state index contributed by atoms with van der Waals surface area (Å²) >= 11 is 0. The fourth-order valence-electron chi connectivity index (χ4n) is 3.53. The number of amides is 1. The van der Waals surface area contributed by atoms with Gasteiger partial charge in [-0.05, 0) is 69.5 Å². The predicted molar refractivity (Wildman–Crippen MR) is 101 cm³/mol. The molecule has 1 aliphatic rings. The summed E-state index contributed by atoms with van der Waals surface area (Å²) in [6.07, 6.45) is 5.12. The highest BCUT2D eigenvalue weighted by Gasteiger charge is 2.12. The number of nitrogens with one attached hydrogen (secondary N) is 2. The van der Waals surface area contributed by atoms with Crippen LogP contribution in [0.15, 0.2) is 24.3 Å². The molecule has 3 rings (SSSR count). The van der Waals surface area contributed by atoms with Gasteiger partial charge in [-0.15, -0.1) is 0 Å². The number of anilines is 1. The van der Waals surface area contributed by atoms with Gasteiger partial charge < -0.3 is 5.32 Å². The number of aromatic nitrogens is 2. The zero-order valence-corrected chi connectivity index (χ0v) is 15.3. The molecule has 0 bridgehead atoms. The molecule has 1 amide bonds. The van der Waals surface area contributed by atoms with Crippen LogP contribution in [0.2, 0.25) is 0 Å². The van der Waals surface area contributed by atoms with Crippen molar-refractivity contribution in [3.8, 4) is 0 Å². The van der Waals surface area contributed by atoms with Gasteiger partial charge in [-0.25, -0.2) is 0 Å². The summed E-state index contributed by atoms with van der Waals surface area (Å²) in [5.41, 5.74) is 5.33. The molecule has 1 aromatic heterocycles. The average Bonchev–Trinajstić information content (AvgIpc) is 2.92. The number of nitrogens with zero attached hydrogens (tertiary/aromatic N) is 2. The van der Waals surface area contributed by atoms with Crippen LogP contribution >= 0.6 is 0 Å². The van der Waals surface area contributed by atoms with Gasteiger partial charge in [0, 0.05) is 24.3 Å². The number of hydrogen-bond donors (Lipinski definition) is 2. The van der Waals surface area contributed by atoms with Crippen molar-refractivity contribution < 1.29 is 4.79 Å². The number of carbonyl (C=O) groups is 1. The molecular formula is C20H28N4O. The van der Waals surface area contributed by atoms with Crippen LogP contribution in [0, 0.1) is 13.8 Å². The normalized spacial score (nSPS) is 15.3. The number of likely N-dealkylation sites (tertiary alicyclic amines) is 1. The lowest BCUT2D eigenvalue weighted by atomic mass is 10.1. The molecule has 1 aromatic carbocycles. The summed E-state index contributed by atoms with van der Waals surface area (Å²) < 4.78 is 0. The topological polar surface area (TPSA) is 61.0 Å². The first-order chi connectivity index (χ1) is 12.1. The molecule has 25 heavy (non-hydrogen) atoms. The van der Waals surface area contributed by atoms with E-state index in [1.165, 1.54) is 37.9 Å². The molecule has 5 heteroatoms. The Kier molecular flexibility index (Phi) is 5.87. The summed E-state index contributed by atoms with van der Waals surface area (Å²) in [5, 5.41) is 10.2. The number of rotatable bonds is 6. The molecule has 5 nitrogen and oxygen atoms in total. The van der Waals surface area contributed by atoms with Crippen LogP contribution in [0.5, 0.6) is 0 Å². The minimum atomic E-state index is 0.0510. The van der Waals surface area contributed by atoms with E-state index in [1.807, 2.05) is 26.0 Å². The van der Waals surface area contributed by atoms with Gasteiger partial charge in [0.05, 0.1) is 5.69 Å². The van der Waals surface area contributed by atoms with Gasteiger partial charge in [0.15, 0.2) is 0 Å². The maximum atomic E-state index is 12.3. The van der Waals surface area contributed by atoms with Crippen molar-refractivity contribution in [2.24, 2.45) is 0 Å². The van der Waals surface area contributed by atoms with Gasteiger partial charge in [0.25, 0.3) is 0 Å². The van der Waals surface area contributed by atoms with Gasteiger partial charge >= 0.3 is 0 Å². The van der Waals surface area contributed by atoms with Gasteiger partial charge in [-0.3, -0.25) is 14.8 Å². The van der Waals surface area contributed by atoms with E-state index in [2.05, 4.69) is 32.5 Å². The molecule has 0 saturated carbocycles. The lowest BCUT2D eigenvalue weighted by molar-refractivity contribution is -0.116. The Balaban J connectivity index is 1.53. The third kappa shape index (κ3) is 4.92. The highest BCUT2D eigenvalue weighted by atomic mass is 16.1. The highest BCUT2D eigenvalue weighted by Crippen LogP contribution is 2.17. The molecule has 134 valence electrons. The van der Waals surface area contributed by atoms with Crippen LogP contribution in [-0.4, -0.2) is 34.1 Å². The largest absolute Gasteiger partial charge is 0.326 e. The molecule has 0 atom stereocenters. The molecule has 2 aromatic rings. The first-order valence-electron chi connectivity index (χ1n) is 9.23. The highest BCUT2D eigenvalue weighted by molar-refractivity contribution is 5.90. The average molecular weight is 340 g/mol. The standard InChI is InChI=1S/C20H28N4O/c1-15-19(16(2)23-22-15)9-10-20(25)21-18-8-6-7-17(13-18)14-24-11-4-3-5-12-24/h6-8,13H,3-5,9-12,14H2,1-2H3,(H,21,25)(H,22,23).